The molecule has 0 saturated heterocycles. The SMILES string of the molecule is Cc1noc(COC(=O)c2ccccc2CSc2nc3ccccc3o2)n1. The number of carbonyl (C=O) groups excluding carboxylic acids is 1. The smallest absolute Gasteiger partial charge is 0.338 e. The molecule has 0 unspecified atom stereocenters. The van der Waals surface area contributed by atoms with Gasteiger partial charge in [0, 0.05) is 5.75 Å². The van der Waals surface area contributed by atoms with E-state index < -0.39 is 5.97 Å². The summed E-state index contributed by atoms with van der Waals surface area (Å²) in [5, 5.41) is 4.22. The standard InChI is InChI=1S/C19H15N3O4S/c1-12-20-17(26-22-12)10-24-18(23)14-7-3-2-6-13(14)11-27-19-21-15-8-4-5-9-16(15)25-19/h2-9H,10-11H2,1H3. The second kappa shape index (κ2) is 7.63. The maximum atomic E-state index is 12.4. The number of para-hydroxylation sites is 2. The molecule has 7 nitrogen and oxygen atoms in total. The van der Waals surface area contributed by atoms with Crippen LogP contribution >= 0.6 is 11.8 Å². The zero-order valence-electron chi connectivity index (χ0n) is 14.4. The van der Waals surface area contributed by atoms with Crippen LogP contribution in [0.4, 0.5) is 0 Å². The summed E-state index contributed by atoms with van der Waals surface area (Å²) in [6.45, 7) is 1.64. The molecule has 0 saturated carbocycles. The summed E-state index contributed by atoms with van der Waals surface area (Å²) in [6, 6.07) is 14.9. The Labute approximate surface area is 158 Å². The molecule has 136 valence electrons. The quantitative estimate of drug-likeness (QED) is 0.363. The Morgan fingerprint density at radius 1 is 1.11 bits per heavy atom. The van der Waals surface area contributed by atoms with E-state index in [0.717, 1.165) is 16.7 Å². The van der Waals surface area contributed by atoms with Crippen molar-refractivity contribution in [3.8, 4) is 0 Å². The van der Waals surface area contributed by atoms with Crippen molar-refractivity contribution < 1.29 is 18.5 Å². The van der Waals surface area contributed by atoms with Crippen molar-refractivity contribution >= 4 is 28.8 Å². The Morgan fingerprint density at radius 3 is 2.74 bits per heavy atom. The first-order valence-electron chi connectivity index (χ1n) is 8.21. The van der Waals surface area contributed by atoms with Crippen LogP contribution in [-0.2, 0) is 17.1 Å². The van der Waals surface area contributed by atoms with Gasteiger partial charge in [0.05, 0.1) is 5.56 Å². The predicted octanol–water partition coefficient (Wildman–Crippen LogP) is 4.17. The van der Waals surface area contributed by atoms with E-state index >= 15 is 0 Å². The van der Waals surface area contributed by atoms with Crippen molar-refractivity contribution in [2.24, 2.45) is 0 Å². The average molecular weight is 381 g/mol. The Morgan fingerprint density at radius 2 is 1.93 bits per heavy atom. The maximum Gasteiger partial charge on any atom is 0.338 e. The molecule has 0 aliphatic carbocycles. The normalized spacial score (nSPS) is 11.0. The number of benzene rings is 2. The van der Waals surface area contributed by atoms with Gasteiger partial charge in [-0.1, -0.05) is 47.3 Å². The number of thioether (sulfide) groups is 1. The van der Waals surface area contributed by atoms with Gasteiger partial charge in [0.15, 0.2) is 18.0 Å². The van der Waals surface area contributed by atoms with E-state index in [2.05, 4.69) is 15.1 Å². The topological polar surface area (TPSA) is 91.2 Å². The van der Waals surface area contributed by atoms with Crippen LogP contribution in [0.3, 0.4) is 0 Å². The van der Waals surface area contributed by atoms with Gasteiger partial charge in [-0.15, -0.1) is 0 Å². The molecule has 0 bridgehead atoms. The van der Waals surface area contributed by atoms with Crippen molar-refractivity contribution in [2.45, 2.75) is 24.5 Å². The zero-order valence-corrected chi connectivity index (χ0v) is 15.2. The van der Waals surface area contributed by atoms with Crippen molar-refractivity contribution in [2.75, 3.05) is 0 Å². The molecule has 0 radical (unpaired) electrons. The minimum absolute atomic E-state index is 0.0632. The van der Waals surface area contributed by atoms with E-state index in [4.69, 9.17) is 13.7 Å². The van der Waals surface area contributed by atoms with Gasteiger partial charge < -0.3 is 13.7 Å². The second-order valence-electron chi connectivity index (χ2n) is 5.70. The lowest BCUT2D eigenvalue weighted by Gasteiger charge is -2.07. The molecule has 27 heavy (non-hydrogen) atoms. The molecule has 0 spiro atoms. The molecule has 0 aliphatic heterocycles. The molecule has 0 amide bonds. The van der Waals surface area contributed by atoms with Crippen molar-refractivity contribution in [1.29, 1.82) is 0 Å². The van der Waals surface area contributed by atoms with Gasteiger partial charge in [-0.05, 0) is 30.7 Å². The van der Waals surface area contributed by atoms with Gasteiger partial charge in [0.2, 0.25) is 0 Å². The first-order valence-corrected chi connectivity index (χ1v) is 9.20. The number of hydrogen-bond donors (Lipinski definition) is 0. The fourth-order valence-corrected chi connectivity index (χ4v) is 3.34. The van der Waals surface area contributed by atoms with Crippen LogP contribution in [0.2, 0.25) is 0 Å². The number of ether oxygens (including phenoxy) is 1. The Kier molecular flexibility index (Phi) is 4.88. The van der Waals surface area contributed by atoms with E-state index in [0.29, 0.717) is 22.4 Å². The van der Waals surface area contributed by atoms with Crippen LogP contribution < -0.4 is 0 Å². The highest BCUT2D eigenvalue weighted by Crippen LogP contribution is 2.27. The molecule has 4 rings (SSSR count). The van der Waals surface area contributed by atoms with Crippen LogP contribution in [0, 0.1) is 6.92 Å². The molecule has 4 aromatic rings. The molecule has 0 atom stereocenters. The highest BCUT2D eigenvalue weighted by molar-refractivity contribution is 7.98. The molecule has 8 heteroatoms. The lowest BCUT2D eigenvalue weighted by molar-refractivity contribution is 0.0429. The number of rotatable bonds is 6. The summed E-state index contributed by atoms with van der Waals surface area (Å²) in [5.74, 6) is 0.840. The lowest BCUT2D eigenvalue weighted by atomic mass is 10.1. The van der Waals surface area contributed by atoms with Crippen LogP contribution in [0.1, 0.15) is 27.6 Å². The molecule has 0 aliphatic rings. The summed E-state index contributed by atoms with van der Waals surface area (Å²) in [7, 11) is 0. The number of fused-ring (bicyclic) bond motifs is 1. The van der Waals surface area contributed by atoms with Gasteiger partial charge in [-0.2, -0.15) is 4.98 Å². The molecular weight excluding hydrogens is 366 g/mol. The lowest BCUT2D eigenvalue weighted by Crippen LogP contribution is -2.08. The Bertz CT molecular complexity index is 1060. The van der Waals surface area contributed by atoms with E-state index in [-0.39, 0.29) is 12.5 Å². The van der Waals surface area contributed by atoms with E-state index in [1.165, 1.54) is 11.8 Å². The maximum absolute atomic E-state index is 12.4. The van der Waals surface area contributed by atoms with Gasteiger partial charge in [0.1, 0.15) is 5.52 Å². The Hall–Kier alpha value is -3.13. The first-order chi connectivity index (χ1) is 13.2. The van der Waals surface area contributed by atoms with E-state index in [1.54, 1.807) is 19.1 Å². The molecule has 2 aromatic carbocycles. The third-order valence-electron chi connectivity index (χ3n) is 3.76. The number of nitrogens with zero attached hydrogens (tertiary/aromatic N) is 3. The van der Waals surface area contributed by atoms with E-state index in [1.807, 2.05) is 36.4 Å². The van der Waals surface area contributed by atoms with Crippen molar-refractivity contribution in [3.63, 3.8) is 0 Å². The van der Waals surface area contributed by atoms with Gasteiger partial charge in [0.25, 0.3) is 11.1 Å². The average Bonchev–Trinajstić information content (AvgIpc) is 3.30. The summed E-state index contributed by atoms with van der Waals surface area (Å²) in [4.78, 5) is 20.9. The highest BCUT2D eigenvalue weighted by atomic mass is 32.2. The van der Waals surface area contributed by atoms with Crippen molar-refractivity contribution in [1.82, 2.24) is 15.1 Å². The molecule has 0 fully saturated rings. The predicted molar refractivity (Wildman–Crippen MR) is 98.2 cm³/mol. The summed E-state index contributed by atoms with van der Waals surface area (Å²) >= 11 is 1.42. The monoisotopic (exact) mass is 381 g/mol. The number of aromatic nitrogens is 3. The van der Waals surface area contributed by atoms with Crippen LogP contribution in [-0.4, -0.2) is 21.1 Å². The molecular formula is C19H15N3O4S. The molecule has 2 heterocycles. The fourth-order valence-electron chi connectivity index (χ4n) is 2.50. The van der Waals surface area contributed by atoms with Crippen LogP contribution in [0.5, 0.6) is 0 Å². The van der Waals surface area contributed by atoms with Gasteiger partial charge in [-0.25, -0.2) is 9.78 Å². The minimum Gasteiger partial charge on any atom is -0.452 e. The summed E-state index contributed by atoms with van der Waals surface area (Å²) < 4.78 is 15.9. The number of oxazole rings is 1. The first kappa shape index (κ1) is 17.3. The van der Waals surface area contributed by atoms with Crippen LogP contribution in [0.25, 0.3) is 11.1 Å². The zero-order chi connectivity index (χ0) is 18.6. The number of carbonyl (C=O) groups is 1. The Balaban J connectivity index is 1.44. The third kappa shape index (κ3) is 4.01. The molecule has 2 aromatic heterocycles. The largest absolute Gasteiger partial charge is 0.452 e. The fraction of sp³-hybridized carbons (Fsp3) is 0.158. The van der Waals surface area contributed by atoms with E-state index in [9.17, 15) is 4.79 Å². The number of esters is 1. The van der Waals surface area contributed by atoms with Gasteiger partial charge >= 0.3 is 5.97 Å². The van der Waals surface area contributed by atoms with Crippen molar-refractivity contribution in [3.05, 3.63) is 71.4 Å². The molecule has 0 N–H and O–H groups in total. The summed E-state index contributed by atoms with van der Waals surface area (Å²) in [6.07, 6.45) is 0. The van der Waals surface area contributed by atoms with Gasteiger partial charge in [-0.3, -0.25) is 0 Å². The third-order valence-corrected chi connectivity index (χ3v) is 4.64. The number of hydrogen-bond acceptors (Lipinski definition) is 8. The second-order valence-corrected chi connectivity index (χ2v) is 6.63. The minimum atomic E-state index is -0.445. The van der Waals surface area contributed by atoms with Crippen LogP contribution in [0.15, 0.2) is 62.7 Å². The summed E-state index contributed by atoms with van der Waals surface area (Å²) in [5.41, 5.74) is 2.86. The highest BCUT2D eigenvalue weighted by Gasteiger charge is 2.15. The number of aryl methyl sites for hydroxylation is 1.